The Labute approximate surface area is 174 Å². The predicted molar refractivity (Wildman–Crippen MR) is 107 cm³/mol. The van der Waals surface area contributed by atoms with Gasteiger partial charge in [0.25, 0.3) is 0 Å². The fraction of sp³-hybridized carbons (Fsp3) is 0.250. The van der Waals surface area contributed by atoms with Crippen LogP contribution in [-0.4, -0.2) is 36.8 Å². The molecule has 4 rings (SSSR count). The third-order valence-electron chi connectivity index (χ3n) is 4.77. The zero-order valence-electron chi connectivity index (χ0n) is 15.7. The molecule has 29 heavy (non-hydrogen) atoms. The Kier molecular flexibility index (Phi) is 5.23. The quantitative estimate of drug-likeness (QED) is 0.567. The van der Waals surface area contributed by atoms with Crippen molar-refractivity contribution in [1.29, 1.82) is 0 Å². The molecule has 9 heteroatoms. The van der Waals surface area contributed by atoms with Gasteiger partial charge in [-0.25, -0.2) is 4.39 Å². The van der Waals surface area contributed by atoms with Gasteiger partial charge in [0.15, 0.2) is 0 Å². The molecule has 2 aromatic carbocycles. The van der Waals surface area contributed by atoms with Crippen molar-refractivity contribution in [3.8, 4) is 22.9 Å². The average Bonchev–Trinajstić information content (AvgIpc) is 3.36. The van der Waals surface area contributed by atoms with Crippen molar-refractivity contribution in [2.75, 3.05) is 25.7 Å². The topological polar surface area (TPSA) is 77.7 Å². The van der Waals surface area contributed by atoms with Gasteiger partial charge in [0.2, 0.25) is 17.6 Å². The fourth-order valence-electron chi connectivity index (χ4n) is 3.27. The van der Waals surface area contributed by atoms with Crippen molar-refractivity contribution in [3.05, 3.63) is 52.6 Å². The number of ether oxygens (including phenoxy) is 2. The van der Waals surface area contributed by atoms with E-state index >= 15 is 0 Å². The second kappa shape index (κ2) is 7.82. The molecule has 7 nitrogen and oxygen atoms in total. The summed E-state index contributed by atoms with van der Waals surface area (Å²) in [6.07, 6.45) is 0.240. The SMILES string of the molecule is COc1ccc(N2CC(c3nc(-c4ccc(F)c(Br)c4)no3)CC2=O)c(OC)c1. The number of methoxy groups -OCH3 is 2. The molecule has 150 valence electrons. The van der Waals surface area contributed by atoms with E-state index in [0.29, 0.717) is 45.5 Å². The van der Waals surface area contributed by atoms with Gasteiger partial charge in [-0.05, 0) is 46.3 Å². The van der Waals surface area contributed by atoms with Gasteiger partial charge in [0.1, 0.15) is 17.3 Å². The number of benzene rings is 2. The first-order valence-electron chi connectivity index (χ1n) is 8.81. The zero-order valence-corrected chi connectivity index (χ0v) is 17.3. The third kappa shape index (κ3) is 3.69. The van der Waals surface area contributed by atoms with Crippen molar-refractivity contribution < 1.29 is 23.2 Å². The standard InChI is InChI=1S/C20H17BrFN3O4/c1-27-13-4-6-16(17(9-13)28-2)25-10-12(8-18(25)26)20-23-19(24-29-20)11-3-5-15(22)14(21)7-11/h3-7,9,12H,8,10H2,1-2H3. The molecule has 1 aromatic heterocycles. The number of rotatable bonds is 5. The largest absolute Gasteiger partial charge is 0.497 e. The molecular weight excluding hydrogens is 445 g/mol. The van der Waals surface area contributed by atoms with Crippen LogP contribution in [0.25, 0.3) is 11.4 Å². The van der Waals surface area contributed by atoms with Crippen LogP contribution in [0.3, 0.4) is 0 Å². The Morgan fingerprint density at radius 2 is 2.03 bits per heavy atom. The maximum absolute atomic E-state index is 13.4. The number of amides is 1. The van der Waals surface area contributed by atoms with Crippen molar-refractivity contribution in [2.45, 2.75) is 12.3 Å². The molecule has 0 bridgehead atoms. The minimum atomic E-state index is -0.372. The first-order chi connectivity index (χ1) is 14.0. The van der Waals surface area contributed by atoms with E-state index in [1.54, 1.807) is 49.5 Å². The van der Waals surface area contributed by atoms with E-state index in [9.17, 15) is 9.18 Å². The summed E-state index contributed by atoms with van der Waals surface area (Å²) in [6, 6.07) is 9.77. The summed E-state index contributed by atoms with van der Waals surface area (Å²) in [7, 11) is 3.11. The maximum atomic E-state index is 13.4. The highest BCUT2D eigenvalue weighted by atomic mass is 79.9. The molecule has 1 amide bonds. The minimum Gasteiger partial charge on any atom is -0.497 e. The summed E-state index contributed by atoms with van der Waals surface area (Å²) < 4.78 is 29.8. The van der Waals surface area contributed by atoms with Crippen LogP contribution >= 0.6 is 15.9 Å². The van der Waals surface area contributed by atoms with Crippen molar-refractivity contribution in [2.24, 2.45) is 0 Å². The Hall–Kier alpha value is -2.94. The van der Waals surface area contributed by atoms with Crippen molar-refractivity contribution in [1.82, 2.24) is 10.1 Å². The van der Waals surface area contributed by atoms with Gasteiger partial charge in [0.05, 0.1) is 30.3 Å². The van der Waals surface area contributed by atoms with Crippen LogP contribution in [0.5, 0.6) is 11.5 Å². The lowest BCUT2D eigenvalue weighted by Crippen LogP contribution is -2.24. The summed E-state index contributed by atoms with van der Waals surface area (Å²) in [5.74, 6) is 1.20. The van der Waals surface area contributed by atoms with Gasteiger partial charge in [-0.2, -0.15) is 4.98 Å². The Morgan fingerprint density at radius 1 is 1.21 bits per heavy atom. The molecule has 3 aromatic rings. The van der Waals surface area contributed by atoms with Crippen molar-refractivity contribution >= 4 is 27.5 Å². The smallest absolute Gasteiger partial charge is 0.232 e. The molecular formula is C20H17BrFN3O4. The number of carbonyl (C=O) groups excluding carboxylic acids is 1. The van der Waals surface area contributed by atoms with Gasteiger partial charge in [-0.3, -0.25) is 4.79 Å². The lowest BCUT2D eigenvalue weighted by molar-refractivity contribution is -0.117. The summed E-state index contributed by atoms with van der Waals surface area (Å²) >= 11 is 3.15. The molecule has 1 aliphatic heterocycles. The lowest BCUT2D eigenvalue weighted by Gasteiger charge is -2.19. The van der Waals surface area contributed by atoms with Crippen LogP contribution in [0.2, 0.25) is 0 Å². The number of aromatic nitrogens is 2. The van der Waals surface area contributed by atoms with Gasteiger partial charge in [-0.1, -0.05) is 5.16 Å². The summed E-state index contributed by atoms with van der Waals surface area (Å²) in [4.78, 5) is 18.7. The molecule has 1 fully saturated rings. The molecule has 0 radical (unpaired) electrons. The van der Waals surface area contributed by atoms with Crippen LogP contribution in [0.4, 0.5) is 10.1 Å². The molecule has 0 aliphatic carbocycles. The Bertz CT molecular complexity index is 1070. The second-order valence-electron chi connectivity index (χ2n) is 6.53. The number of halogens is 2. The van der Waals surface area contributed by atoms with Crippen molar-refractivity contribution in [3.63, 3.8) is 0 Å². The number of nitrogens with zero attached hydrogens (tertiary/aromatic N) is 3. The molecule has 1 aliphatic rings. The van der Waals surface area contributed by atoms with Gasteiger partial charge in [0, 0.05) is 24.6 Å². The highest BCUT2D eigenvalue weighted by molar-refractivity contribution is 9.10. The van der Waals surface area contributed by atoms with Gasteiger partial charge in [-0.15, -0.1) is 0 Å². The monoisotopic (exact) mass is 461 g/mol. The zero-order chi connectivity index (χ0) is 20.5. The van der Waals surface area contributed by atoms with E-state index in [4.69, 9.17) is 14.0 Å². The second-order valence-corrected chi connectivity index (χ2v) is 7.38. The highest BCUT2D eigenvalue weighted by Gasteiger charge is 2.36. The molecule has 1 atom stereocenters. The maximum Gasteiger partial charge on any atom is 0.232 e. The van der Waals surface area contributed by atoms with E-state index < -0.39 is 0 Å². The van der Waals surface area contributed by atoms with Gasteiger partial charge >= 0.3 is 0 Å². The van der Waals surface area contributed by atoms with Crippen LogP contribution in [0, 0.1) is 5.82 Å². The lowest BCUT2D eigenvalue weighted by atomic mass is 10.1. The molecule has 2 heterocycles. The normalized spacial score (nSPS) is 16.3. The Balaban J connectivity index is 1.57. The van der Waals surface area contributed by atoms with Crippen LogP contribution in [0.15, 0.2) is 45.4 Å². The predicted octanol–water partition coefficient (Wildman–Crippen LogP) is 4.18. The van der Waals surface area contributed by atoms with E-state index in [2.05, 4.69) is 26.1 Å². The summed E-state index contributed by atoms with van der Waals surface area (Å²) in [6.45, 7) is 0.385. The molecule has 1 unspecified atom stereocenters. The molecule has 0 spiro atoms. The van der Waals surface area contributed by atoms with E-state index in [0.717, 1.165) is 0 Å². The molecule has 0 saturated carbocycles. The number of hydrogen-bond donors (Lipinski definition) is 0. The summed E-state index contributed by atoms with van der Waals surface area (Å²) in [5, 5.41) is 3.98. The molecule has 1 saturated heterocycles. The molecule has 0 N–H and O–H groups in total. The summed E-state index contributed by atoms with van der Waals surface area (Å²) in [5.41, 5.74) is 1.27. The Morgan fingerprint density at radius 3 is 2.76 bits per heavy atom. The van der Waals surface area contributed by atoms with E-state index in [-0.39, 0.29) is 24.1 Å². The third-order valence-corrected chi connectivity index (χ3v) is 5.38. The number of hydrogen-bond acceptors (Lipinski definition) is 6. The minimum absolute atomic E-state index is 0.0669. The number of carbonyl (C=O) groups is 1. The van der Waals surface area contributed by atoms with E-state index in [1.165, 1.54) is 6.07 Å². The van der Waals surface area contributed by atoms with Gasteiger partial charge < -0.3 is 18.9 Å². The first-order valence-corrected chi connectivity index (χ1v) is 9.61. The first kappa shape index (κ1) is 19.4. The van der Waals surface area contributed by atoms with Crippen LogP contribution < -0.4 is 14.4 Å². The number of anilines is 1. The average molecular weight is 462 g/mol. The van der Waals surface area contributed by atoms with E-state index in [1.807, 2.05) is 0 Å². The van der Waals surface area contributed by atoms with Crippen LogP contribution in [-0.2, 0) is 4.79 Å². The van der Waals surface area contributed by atoms with Crippen LogP contribution in [0.1, 0.15) is 18.2 Å². The highest BCUT2D eigenvalue weighted by Crippen LogP contribution is 2.38. The fourth-order valence-corrected chi connectivity index (χ4v) is 3.65.